The summed E-state index contributed by atoms with van der Waals surface area (Å²) >= 11 is 6.82. The number of ether oxygens (including phenoxy) is 5. The second-order valence-electron chi connectivity index (χ2n) is 18.0. The summed E-state index contributed by atoms with van der Waals surface area (Å²) in [5.74, 6) is -6.37. The van der Waals surface area contributed by atoms with E-state index < -0.39 is 105 Å². The summed E-state index contributed by atoms with van der Waals surface area (Å²) in [6, 6.07) is 10.9. The Morgan fingerprint density at radius 1 is 0.787 bits per heavy atom. The number of likely N-dealkylation sites (N-methyl/N-ethyl adjacent to an activating group) is 1. The van der Waals surface area contributed by atoms with Crippen molar-refractivity contribution < 1.29 is 91.2 Å². The fourth-order valence-electron chi connectivity index (χ4n) is 7.57. The van der Waals surface area contributed by atoms with Gasteiger partial charge >= 0.3 is 7.60 Å². The molecular formula is C48H60ClFN7O19PS3. The number of carbonyl (C=O) groups excluding carboxylic acids is 3. The van der Waals surface area contributed by atoms with E-state index >= 15 is 0 Å². The highest BCUT2D eigenvalue weighted by Gasteiger charge is 2.34. The molecule has 2 aromatic heterocycles. The van der Waals surface area contributed by atoms with Gasteiger partial charge in [0.05, 0.1) is 55.2 Å². The highest BCUT2D eigenvalue weighted by Crippen LogP contribution is 2.37. The highest BCUT2D eigenvalue weighted by atomic mass is 35.5. The van der Waals surface area contributed by atoms with Crippen molar-refractivity contribution in [3.8, 4) is 28.4 Å². The zero-order chi connectivity index (χ0) is 59.0. The van der Waals surface area contributed by atoms with E-state index in [0.29, 0.717) is 36.8 Å². The van der Waals surface area contributed by atoms with E-state index in [1.807, 2.05) is 60.9 Å². The molecule has 0 bridgehead atoms. The third-order valence-electron chi connectivity index (χ3n) is 11.6. The summed E-state index contributed by atoms with van der Waals surface area (Å²) in [6.07, 6.45) is 3.29. The van der Waals surface area contributed by atoms with Crippen molar-refractivity contribution >= 4 is 67.0 Å². The summed E-state index contributed by atoms with van der Waals surface area (Å²) in [6.45, 7) is 3.97. The average molecular weight is 1220 g/mol. The molecule has 3 aromatic carbocycles. The number of amides is 3. The minimum Gasteiger partial charge on any atom is -0.488 e. The van der Waals surface area contributed by atoms with E-state index in [4.69, 9.17) is 45.1 Å². The van der Waals surface area contributed by atoms with Crippen LogP contribution in [0.2, 0.25) is 5.02 Å². The molecule has 3 amide bonds. The molecule has 0 fully saturated rings. The molecule has 32 heteroatoms. The van der Waals surface area contributed by atoms with Gasteiger partial charge in [-0.1, -0.05) is 47.1 Å². The lowest BCUT2D eigenvalue weighted by Gasteiger charge is -2.27. The van der Waals surface area contributed by atoms with Crippen LogP contribution in [0, 0.1) is 13.8 Å². The summed E-state index contributed by atoms with van der Waals surface area (Å²) in [4.78, 5) is 62.9. The fraction of sp³-hybridized carbons (Fsp3) is 0.417. The maximum atomic E-state index is 14.0. The van der Waals surface area contributed by atoms with E-state index in [9.17, 15) is 57.7 Å². The molecule has 5 rings (SSSR count). The predicted molar refractivity (Wildman–Crippen MR) is 285 cm³/mol. The summed E-state index contributed by atoms with van der Waals surface area (Å²) < 4.78 is 146. The van der Waals surface area contributed by atoms with Crippen LogP contribution in [0.25, 0.3) is 11.1 Å². The smallest absolute Gasteiger partial charge is 0.326 e. The number of benzene rings is 3. The van der Waals surface area contributed by atoms with Crippen molar-refractivity contribution in [2.45, 2.75) is 70.2 Å². The highest BCUT2D eigenvalue weighted by molar-refractivity contribution is 7.90. The summed E-state index contributed by atoms with van der Waals surface area (Å²) in [5.41, 5.74) is 5.15. The van der Waals surface area contributed by atoms with Crippen LogP contribution in [0.4, 0.5) is 4.39 Å². The van der Waals surface area contributed by atoms with Crippen molar-refractivity contribution in [1.29, 1.82) is 0 Å². The zero-order valence-corrected chi connectivity index (χ0v) is 47.7. The Hall–Kier alpha value is -6.18. The second kappa shape index (κ2) is 29.0. The van der Waals surface area contributed by atoms with Crippen LogP contribution in [-0.4, -0.2) is 163 Å². The van der Waals surface area contributed by atoms with Crippen molar-refractivity contribution in [2.75, 3.05) is 64.1 Å². The number of pyridine rings is 1. The molecule has 0 aliphatic heterocycles. The Labute approximate surface area is 465 Å². The first-order valence-electron chi connectivity index (χ1n) is 23.9. The molecule has 0 saturated carbocycles. The zero-order valence-electron chi connectivity index (χ0n) is 43.6. The molecular weight excluding hydrogens is 1160 g/mol. The standard InChI is InChI=1S/C48H60ClFN7O19PS3/c1-31-34(7-5-8-38(31)39-9-6-10-43(32(39)2)76-28-36-25-57(55-54-36)13-15-73-17-16-72-14-12-50)27-75-45-21-44(74-26-33-19-37(23-51-22-33)78(4,64)65)35(20-40(45)49)24-56(3)48(60)42(30-80(69,70)71)53-47(59)41(29-79(66,67)68)52-46(58)11-18-77(61,62)63/h5-10,19-23,25,41-42H,11-18,24,26-30H2,1-4H3,(H,52,58)(H,53,59)(H2,61,62,63)(H,66,67,68)(H,69,70,71)/t41-,42-/m0/s1. The molecule has 5 aromatic rings. The largest absolute Gasteiger partial charge is 0.488 e. The molecule has 2 atom stereocenters. The lowest BCUT2D eigenvalue weighted by atomic mass is 9.93. The van der Waals surface area contributed by atoms with Crippen molar-refractivity contribution in [3.63, 3.8) is 0 Å². The molecule has 0 aliphatic rings. The Balaban J connectivity index is 1.37. The summed E-state index contributed by atoms with van der Waals surface area (Å²) in [5, 5.41) is 12.1. The Bertz CT molecular complexity index is 3390. The molecule has 0 unspecified atom stereocenters. The van der Waals surface area contributed by atoms with Crippen LogP contribution >= 0.6 is 19.2 Å². The maximum Gasteiger partial charge on any atom is 0.326 e. The van der Waals surface area contributed by atoms with E-state index in [-0.39, 0.29) is 60.0 Å². The van der Waals surface area contributed by atoms with Crippen LogP contribution in [0.5, 0.6) is 17.2 Å². The predicted octanol–water partition coefficient (Wildman–Crippen LogP) is 3.02. The number of nitrogens with zero attached hydrogens (tertiary/aromatic N) is 5. The fourth-order valence-corrected chi connectivity index (χ4v) is 10.2. The van der Waals surface area contributed by atoms with Gasteiger partial charge in [-0.25, -0.2) is 17.5 Å². The normalized spacial score (nSPS) is 12.8. The molecule has 26 nitrogen and oxygen atoms in total. The van der Waals surface area contributed by atoms with Gasteiger partial charge in [-0.05, 0) is 59.9 Å². The lowest BCUT2D eigenvalue weighted by molar-refractivity contribution is -0.136. The van der Waals surface area contributed by atoms with Crippen LogP contribution in [0.3, 0.4) is 0 Å². The van der Waals surface area contributed by atoms with Gasteiger partial charge in [0.1, 0.15) is 73.0 Å². The number of carbonyl (C=O) groups is 3. The minimum absolute atomic E-state index is 0.00165. The van der Waals surface area contributed by atoms with Crippen molar-refractivity contribution in [3.05, 3.63) is 112 Å². The van der Waals surface area contributed by atoms with Gasteiger partial charge in [-0.2, -0.15) is 16.8 Å². The number of nitrogens with one attached hydrogen (secondary N) is 2. The molecule has 2 heterocycles. The van der Waals surface area contributed by atoms with Gasteiger partial charge in [-0.15, -0.1) is 5.10 Å². The molecule has 0 saturated heterocycles. The number of aromatic nitrogens is 4. The quantitative estimate of drug-likeness (QED) is 0.0205. The maximum absolute atomic E-state index is 14.0. The van der Waals surface area contributed by atoms with Gasteiger partial charge in [0, 0.05) is 55.9 Å². The first-order chi connectivity index (χ1) is 37.5. The van der Waals surface area contributed by atoms with Gasteiger partial charge in [0.2, 0.25) is 17.7 Å². The van der Waals surface area contributed by atoms with Gasteiger partial charge < -0.3 is 49.0 Å². The number of rotatable bonds is 32. The van der Waals surface area contributed by atoms with Crippen LogP contribution < -0.4 is 24.8 Å². The third-order valence-corrected chi connectivity index (χ3v) is 15.3. The summed E-state index contributed by atoms with van der Waals surface area (Å²) in [7, 11) is -17.5. The topological polar surface area (TPSA) is 369 Å². The van der Waals surface area contributed by atoms with Crippen molar-refractivity contribution in [2.24, 2.45) is 0 Å². The first kappa shape index (κ1) is 64.6. The van der Waals surface area contributed by atoms with Gasteiger partial charge in [0.25, 0.3) is 20.2 Å². The minimum atomic E-state index is -5.11. The van der Waals surface area contributed by atoms with Gasteiger partial charge in [-0.3, -0.25) is 33.0 Å². The molecule has 6 N–H and O–H groups in total. The molecule has 438 valence electrons. The van der Waals surface area contributed by atoms with Gasteiger partial charge in [0.15, 0.2) is 9.84 Å². The second-order valence-corrected chi connectivity index (χ2v) is 25.2. The van der Waals surface area contributed by atoms with E-state index in [2.05, 4.69) is 15.3 Å². The Morgan fingerprint density at radius 3 is 2.09 bits per heavy atom. The molecule has 0 spiro atoms. The van der Waals surface area contributed by atoms with Crippen LogP contribution in [-0.2, 0) is 91.4 Å². The van der Waals surface area contributed by atoms with Crippen LogP contribution in [0.15, 0.2) is 78.1 Å². The number of hydrogen-bond donors (Lipinski definition) is 6. The monoisotopic (exact) mass is 1220 g/mol. The Kier molecular flexibility index (Phi) is 23.4. The first-order valence-corrected chi connectivity index (χ1v) is 31.2. The van der Waals surface area contributed by atoms with E-state index in [1.165, 1.54) is 24.4 Å². The molecule has 0 aliphatic carbocycles. The Morgan fingerprint density at radius 2 is 1.43 bits per heavy atom. The third kappa shape index (κ3) is 21.0. The number of halogens is 2. The van der Waals surface area contributed by atoms with Crippen molar-refractivity contribution in [1.82, 2.24) is 35.5 Å². The van der Waals surface area contributed by atoms with E-state index in [0.717, 1.165) is 52.2 Å². The molecule has 80 heavy (non-hydrogen) atoms. The van der Waals surface area contributed by atoms with Crippen LogP contribution in [0.1, 0.15) is 39.9 Å². The SMILES string of the molecule is Cc1c(COc2cc(OCc3cncc(S(C)(=O)=O)c3)c(CN(C)C(=O)[C@H](CS(=O)(=O)O)NC(=O)[C@H](CS(=O)(=O)O)NC(=O)CCP(=O)(O)O)cc2Cl)cccc1-c1cccc(OCc2cn(CCOCCOCCF)nn2)c1C. The number of alkyl halides is 1. The molecule has 0 radical (unpaired) electrons. The lowest BCUT2D eigenvalue weighted by Crippen LogP contribution is -2.57. The van der Waals surface area contributed by atoms with E-state index in [1.54, 1.807) is 10.9 Å². The number of hydrogen-bond acceptors (Lipinski definition) is 18. The number of sulfone groups is 1. The average Bonchev–Trinajstić information content (AvgIpc) is 3.83.